The molecule has 2 heteroatoms. The molecule has 0 saturated carbocycles. The third-order valence-corrected chi connectivity index (χ3v) is 3.24. The molecule has 2 aromatic rings. The summed E-state index contributed by atoms with van der Waals surface area (Å²) in [4.78, 5) is 0. The maximum atomic E-state index is 13.3. The van der Waals surface area contributed by atoms with Crippen LogP contribution in [-0.4, -0.2) is 5.11 Å². The zero-order valence-electron chi connectivity index (χ0n) is 11.4. The molecular formula is C17H19FO. The van der Waals surface area contributed by atoms with Crippen LogP contribution < -0.4 is 0 Å². The van der Waals surface area contributed by atoms with E-state index in [0.29, 0.717) is 12.0 Å². The van der Waals surface area contributed by atoms with E-state index < -0.39 is 6.10 Å². The second-order valence-corrected chi connectivity index (χ2v) is 5.11. The maximum absolute atomic E-state index is 13.3. The lowest BCUT2D eigenvalue weighted by Crippen LogP contribution is -2.01. The molecule has 0 aromatic heterocycles. The lowest BCUT2D eigenvalue weighted by molar-refractivity contribution is 0.167. The van der Waals surface area contributed by atoms with Gasteiger partial charge in [-0.15, -0.1) is 0 Å². The molecule has 0 heterocycles. The number of hydrogen-bond acceptors (Lipinski definition) is 1. The first-order valence-corrected chi connectivity index (χ1v) is 6.55. The summed E-state index contributed by atoms with van der Waals surface area (Å²) in [7, 11) is 0. The van der Waals surface area contributed by atoms with E-state index in [1.54, 1.807) is 0 Å². The Labute approximate surface area is 113 Å². The molecule has 1 atom stereocenters. The number of halogens is 1. The summed E-state index contributed by atoms with van der Waals surface area (Å²) in [6.07, 6.45) is 0.778. The minimum atomic E-state index is -0.616. The van der Waals surface area contributed by atoms with Crippen LogP contribution in [0.3, 0.4) is 0 Å². The summed E-state index contributed by atoms with van der Waals surface area (Å²) in [5.74, 6) is -0.287. The number of aryl methyl sites for hydroxylation is 3. The number of aliphatic hydroxyl groups excluding tert-OH is 1. The number of aliphatic hydroxyl groups is 1. The van der Waals surface area contributed by atoms with Gasteiger partial charge in [-0.3, -0.25) is 0 Å². The first kappa shape index (κ1) is 13.8. The van der Waals surface area contributed by atoms with Crippen LogP contribution in [0, 0.1) is 19.7 Å². The van der Waals surface area contributed by atoms with Crippen molar-refractivity contribution in [1.29, 1.82) is 0 Å². The van der Waals surface area contributed by atoms with Crippen molar-refractivity contribution in [3.8, 4) is 0 Å². The molecule has 19 heavy (non-hydrogen) atoms. The van der Waals surface area contributed by atoms with Gasteiger partial charge in [-0.25, -0.2) is 4.39 Å². The highest BCUT2D eigenvalue weighted by atomic mass is 19.1. The van der Waals surface area contributed by atoms with Gasteiger partial charge in [-0.1, -0.05) is 35.9 Å². The topological polar surface area (TPSA) is 20.2 Å². The quantitative estimate of drug-likeness (QED) is 0.875. The first-order chi connectivity index (χ1) is 9.04. The molecule has 0 fully saturated rings. The van der Waals surface area contributed by atoms with E-state index in [4.69, 9.17) is 0 Å². The van der Waals surface area contributed by atoms with Crippen molar-refractivity contribution in [2.75, 3.05) is 0 Å². The highest BCUT2D eigenvalue weighted by molar-refractivity contribution is 5.26. The molecule has 100 valence electrons. The second kappa shape index (κ2) is 5.98. The van der Waals surface area contributed by atoms with Crippen LogP contribution in [0.2, 0.25) is 0 Å². The molecule has 0 amide bonds. The van der Waals surface area contributed by atoms with Crippen LogP contribution in [0.25, 0.3) is 0 Å². The van der Waals surface area contributed by atoms with Gasteiger partial charge in [0.2, 0.25) is 0 Å². The van der Waals surface area contributed by atoms with Gasteiger partial charge < -0.3 is 5.11 Å². The highest BCUT2D eigenvalue weighted by Gasteiger charge is 2.09. The molecule has 0 aliphatic rings. The Balaban J connectivity index is 2.03. The largest absolute Gasteiger partial charge is 0.388 e. The Hall–Kier alpha value is -1.67. The van der Waals surface area contributed by atoms with E-state index in [2.05, 4.69) is 25.1 Å². The Bertz CT molecular complexity index is 543. The van der Waals surface area contributed by atoms with Gasteiger partial charge in [-0.05, 0) is 55.5 Å². The fraction of sp³-hybridized carbons (Fsp3) is 0.294. The average molecular weight is 258 g/mol. The summed E-state index contributed by atoms with van der Waals surface area (Å²) in [6, 6.07) is 13.0. The summed E-state index contributed by atoms with van der Waals surface area (Å²) >= 11 is 0. The maximum Gasteiger partial charge on any atom is 0.123 e. The summed E-state index contributed by atoms with van der Waals surface area (Å²) in [5, 5.41) is 10.1. The molecule has 0 spiro atoms. The van der Waals surface area contributed by atoms with Crippen molar-refractivity contribution in [1.82, 2.24) is 0 Å². The van der Waals surface area contributed by atoms with Gasteiger partial charge in [0.15, 0.2) is 0 Å². The van der Waals surface area contributed by atoms with Crippen molar-refractivity contribution in [2.24, 2.45) is 0 Å². The molecule has 1 N–H and O–H groups in total. The van der Waals surface area contributed by atoms with Crippen LogP contribution in [0.15, 0.2) is 42.5 Å². The van der Waals surface area contributed by atoms with Crippen molar-refractivity contribution in [3.05, 3.63) is 70.5 Å². The summed E-state index contributed by atoms with van der Waals surface area (Å²) < 4.78 is 13.3. The zero-order chi connectivity index (χ0) is 13.8. The predicted octanol–water partition coefficient (Wildman–Crippen LogP) is 4.11. The van der Waals surface area contributed by atoms with E-state index in [1.165, 1.54) is 23.3 Å². The van der Waals surface area contributed by atoms with Crippen LogP contribution in [-0.2, 0) is 6.42 Å². The number of rotatable bonds is 4. The molecule has 0 radical (unpaired) electrons. The van der Waals surface area contributed by atoms with Gasteiger partial charge >= 0.3 is 0 Å². The van der Waals surface area contributed by atoms with Crippen molar-refractivity contribution in [2.45, 2.75) is 32.8 Å². The van der Waals surface area contributed by atoms with Gasteiger partial charge in [0.05, 0.1) is 6.10 Å². The van der Waals surface area contributed by atoms with Crippen LogP contribution in [0.1, 0.15) is 34.8 Å². The van der Waals surface area contributed by atoms with E-state index in [-0.39, 0.29) is 5.82 Å². The van der Waals surface area contributed by atoms with E-state index in [0.717, 1.165) is 12.0 Å². The van der Waals surface area contributed by atoms with Crippen molar-refractivity contribution < 1.29 is 9.50 Å². The molecule has 0 aliphatic heterocycles. The smallest absolute Gasteiger partial charge is 0.123 e. The number of hydrogen-bond donors (Lipinski definition) is 1. The minimum Gasteiger partial charge on any atom is -0.388 e. The molecule has 0 saturated heterocycles. The molecule has 1 unspecified atom stereocenters. The van der Waals surface area contributed by atoms with Gasteiger partial charge in [-0.2, -0.15) is 0 Å². The van der Waals surface area contributed by atoms with E-state index in [9.17, 15) is 9.50 Å². The third-order valence-electron chi connectivity index (χ3n) is 3.24. The molecule has 0 aliphatic carbocycles. The predicted molar refractivity (Wildman–Crippen MR) is 75.6 cm³/mol. The SMILES string of the molecule is Cc1cccc(CCC(O)c2cc(C)cc(F)c2)c1. The normalized spacial score (nSPS) is 12.4. The van der Waals surface area contributed by atoms with Crippen molar-refractivity contribution >= 4 is 0 Å². The van der Waals surface area contributed by atoms with Gasteiger partial charge in [0, 0.05) is 0 Å². The van der Waals surface area contributed by atoms with Crippen LogP contribution in [0.4, 0.5) is 4.39 Å². The fourth-order valence-electron chi connectivity index (χ4n) is 2.29. The molecule has 0 bridgehead atoms. The van der Waals surface area contributed by atoms with Gasteiger partial charge in [0.25, 0.3) is 0 Å². The zero-order valence-corrected chi connectivity index (χ0v) is 11.4. The van der Waals surface area contributed by atoms with Crippen LogP contribution >= 0.6 is 0 Å². The van der Waals surface area contributed by atoms with Crippen LogP contribution in [0.5, 0.6) is 0 Å². The first-order valence-electron chi connectivity index (χ1n) is 6.55. The highest BCUT2D eigenvalue weighted by Crippen LogP contribution is 2.21. The Morgan fingerprint density at radius 3 is 2.53 bits per heavy atom. The molecule has 2 rings (SSSR count). The fourth-order valence-corrected chi connectivity index (χ4v) is 2.29. The van der Waals surface area contributed by atoms with Crippen molar-refractivity contribution in [3.63, 3.8) is 0 Å². The Morgan fingerprint density at radius 2 is 1.84 bits per heavy atom. The third kappa shape index (κ3) is 3.90. The summed E-state index contributed by atoms with van der Waals surface area (Å²) in [5.41, 5.74) is 3.91. The standard InChI is InChI=1S/C17H19FO/c1-12-4-3-5-14(8-12)6-7-17(19)15-9-13(2)10-16(18)11-15/h3-5,8-11,17,19H,6-7H2,1-2H3. The lowest BCUT2D eigenvalue weighted by atomic mass is 9.99. The van der Waals surface area contributed by atoms with E-state index >= 15 is 0 Å². The Morgan fingerprint density at radius 1 is 1.05 bits per heavy atom. The van der Waals surface area contributed by atoms with E-state index in [1.807, 2.05) is 19.1 Å². The lowest BCUT2D eigenvalue weighted by Gasteiger charge is -2.12. The molecule has 1 nitrogen and oxygen atoms in total. The summed E-state index contributed by atoms with van der Waals surface area (Å²) in [6.45, 7) is 3.88. The molecule has 2 aromatic carbocycles. The monoisotopic (exact) mass is 258 g/mol. The average Bonchev–Trinajstić information content (AvgIpc) is 2.35. The van der Waals surface area contributed by atoms with Gasteiger partial charge in [0.1, 0.15) is 5.82 Å². The minimum absolute atomic E-state index is 0.287. The molecular weight excluding hydrogens is 239 g/mol. The second-order valence-electron chi connectivity index (χ2n) is 5.11. The Kier molecular flexibility index (Phi) is 4.33. The number of benzene rings is 2.